The summed E-state index contributed by atoms with van der Waals surface area (Å²) in [5.74, 6) is -2.51. The quantitative estimate of drug-likeness (QED) is 0.537. The smallest absolute Gasteiger partial charge is 0.196 e. The summed E-state index contributed by atoms with van der Waals surface area (Å²) in [7, 11) is 0. The number of hydrogen-bond acceptors (Lipinski definition) is 0. The van der Waals surface area contributed by atoms with E-state index in [2.05, 4.69) is 6.92 Å². The van der Waals surface area contributed by atoms with Gasteiger partial charge in [0.2, 0.25) is 0 Å². The van der Waals surface area contributed by atoms with Crippen LogP contribution in [-0.2, 0) is 0 Å². The van der Waals surface area contributed by atoms with Crippen molar-refractivity contribution in [3.8, 4) is 0 Å². The van der Waals surface area contributed by atoms with Gasteiger partial charge in [0.25, 0.3) is 0 Å². The molecule has 11 heavy (non-hydrogen) atoms. The van der Waals surface area contributed by atoms with Gasteiger partial charge in [-0.05, 0) is 35.4 Å². The van der Waals surface area contributed by atoms with Crippen molar-refractivity contribution in [2.45, 2.75) is 38.5 Å². The maximum atomic E-state index is 12.5. The van der Waals surface area contributed by atoms with Gasteiger partial charge in [-0.3, -0.25) is 0 Å². The first-order valence-corrected chi connectivity index (χ1v) is 4.96. The van der Waals surface area contributed by atoms with Crippen LogP contribution in [0, 0.1) is 0 Å². The van der Waals surface area contributed by atoms with Crippen molar-refractivity contribution in [2.75, 3.05) is 0 Å². The molecule has 0 amide bonds. The molecule has 0 aromatic carbocycles. The van der Waals surface area contributed by atoms with E-state index in [-0.39, 0.29) is 3.58 Å². The third kappa shape index (κ3) is 1.92. The van der Waals surface area contributed by atoms with Gasteiger partial charge in [0.05, 0.1) is 3.58 Å². The molecule has 64 valence electrons. The Morgan fingerprint density at radius 2 is 1.91 bits per heavy atom. The van der Waals surface area contributed by atoms with Crippen LogP contribution in [0.2, 0.25) is 0 Å². The Morgan fingerprint density at radius 3 is 2.27 bits per heavy atom. The number of unbranched alkanes of at least 4 members (excludes halogenated alkanes) is 2. The van der Waals surface area contributed by atoms with Gasteiger partial charge >= 0.3 is 5.92 Å². The number of alkyl halides is 2. The molecule has 0 aliphatic heterocycles. The Kier molecular flexibility index (Phi) is 2.89. The highest BCUT2D eigenvalue weighted by atomic mass is 127. The molecule has 3 heteroatoms. The summed E-state index contributed by atoms with van der Waals surface area (Å²) in [5.41, 5.74) is 0.381. The molecule has 1 aliphatic rings. The number of halogens is 3. The topological polar surface area (TPSA) is 0 Å². The second-order valence-corrected chi connectivity index (χ2v) is 3.90. The Hall–Kier alpha value is 0.330. The van der Waals surface area contributed by atoms with E-state index in [1.165, 1.54) is 0 Å². The van der Waals surface area contributed by atoms with Gasteiger partial charge in [-0.25, -0.2) is 0 Å². The summed E-state index contributed by atoms with van der Waals surface area (Å²) in [6.45, 7) is 2.07. The van der Waals surface area contributed by atoms with Gasteiger partial charge in [0.15, 0.2) is 0 Å². The van der Waals surface area contributed by atoms with Crippen LogP contribution in [-0.4, -0.2) is 5.92 Å². The van der Waals surface area contributed by atoms with E-state index in [4.69, 9.17) is 0 Å². The van der Waals surface area contributed by atoms with Crippen LogP contribution in [0.25, 0.3) is 0 Å². The van der Waals surface area contributed by atoms with Crippen LogP contribution in [0.3, 0.4) is 0 Å². The number of allylic oxidation sites excluding steroid dienone is 2. The van der Waals surface area contributed by atoms with Crippen LogP contribution in [0.4, 0.5) is 8.78 Å². The minimum Gasteiger partial charge on any atom is -0.196 e. The first-order chi connectivity index (χ1) is 5.10. The Balaban J connectivity index is 2.20. The lowest BCUT2D eigenvalue weighted by Crippen LogP contribution is -1.95. The minimum absolute atomic E-state index is 0.284. The molecule has 0 atom stereocenters. The maximum absolute atomic E-state index is 12.5. The predicted octanol–water partition coefficient (Wildman–Crippen LogP) is 3.90. The lowest BCUT2D eigenvalue weighted by molar-refractivity contribution is 0.138. The molecule has 0 heterocycles. The molecule has 0 unspecified atom stereocenters. The van der Waals surface area contributed by atoms with E-state index in [0.717, 1.165) is 19.3 Å². The lowest BCUT2D eigenvalue weighted by Gasteiger charge is -1.95. The van der Waals surface area contributed by atoms with Crippen molar-refractivity contribution in [3.63, 3.8) is 0 Å². The van der Waals surface area contributed by atoms with Gasteiger partial charge in [-0.2, -0.15) is 8.78 Å². The lowest BCUT2D eigenvalue weighted by atomic mass is 10.2. The largest absolute Gasteiger partial charge is 0.301 e. The zero-order valence-electron chi connectivity index (χ0n) is 6.46. The second kappa shape index (κ2) is 3.37. The molecule has 0 saturated heterocycles. The summed E-state index contributed by atoms with van der Waals surface area (Å²) in [5, 5.41) is 0. The average Bonchev–Trinajstić information content (AvgIpc) is 2.39. The van der Waals surface area contributed by atoms with Crippen molar-refractivity contribution in [1.29, 1.82) is 0 Å². The molecule has 0 saturated carbocycles. The summed E-state index contributed by atoms with van der Waals surface area (Å²) in [4.78, 5) is 0. The van der Waals surface area contributed by atoms with Crippen LogP contribution < -0.4 is 0 Å². The van der Waals surface area contributed by atoms with Gasteiger partial charge in [0, 0.05) is 5.57 Å². The van der Waals surface area contributed by atoms with E-state index in [9.17, 15) is 8.78 Å². The molecule has 0 aromatic heterocycles. The highest BCUT2D eigenvalue weighted by Gasteiger charge is 2.53. The monoisotopic (exact) mass is 272 g/mol. The van der Waals surface area contributed by atoms with Crippen molar-refractivity contribution >= 4 is 22.6 Å². The Bertz CT molecular complexity index is 185. The van der Waals surface area contributed by atoms with Crippen molar-refractivity contribution in [3.05, 3.63) is 9.15 Å². The van der Waals surface area contributed by atoms with E-state index in [0.29, 0.717) is 12.0 Å². The van der Waals surface area contributed by atoms with E-state index >= 15 is 0 Å². The highest BCUT2D eigenvalue weighted by molar-refractivity contribution is 14.1. The van der Waals surface area contributed by atoms with Gasteiger partial charge in [-0.1, -0.05) is 19.8 Å². The molecule has 0 nitrogen and oxygen atoms in total. The van der Waals surface area contributed by atoms with Crippen LogP contribution in [0.5, 0.6) is 0 Å². The van der Waals surface area contributed by atoms with Crippen LogP contribution >= 0.6 is 22.6 Å². The molecule has 0 radical (unpaired) electrons. The maximum Gasteiger partial charge on any atom is 0.301 e. The van der Waals surface area contributed by atoms with Crippen molar-refractivity contribution in [1.82, 2.24) is 0 Å². The third-order valence-electron chi connectivity index (χ3n) is 1.89. The molecule has 0 bridgehead atoms. The van der Waals surface area contributed by atoms with Crippen LogP contribution in [0.15, 0.2) is 9.15 Å². The molecule has 1 rings (SSSR count). The molecule has 0 N–H and O–H groups in total. The third-order valence-corrected chi connectivity index (χ3v) is 3.22. The fraction of sp³-hybridized carbons (Fsp3) is 0.750. The standard InChI is InChI=1S/C8H11F2I/c1-2-3-4-5-6-7(11)8(6,9)10/h2-5H2,1H3. The normalized spacial score (nSPS) is 20.7. The minimum atomic E-state index is -2.51. The predicted molar refractivity (Wildman–Crippen MR) is 50.1 cm³/mol. The molecule has 0 spiro atoms. The van der Waals surface area contributed by atoms with Crippen molar-refractivity contribution < 1.29 is 8.78 Å². The first-order valence-electron chi connectivity index (χ1n) is 3.88. The van der Waals surface area contributed by atoms with Gasteiger partial charge in [-0.15, -0.1) is 0 Å². The first kappa shape index (κ1) is 9.42. The average molecular weight is 272 g/mol. The van der Waals surface area contributed by atoms with E-state index < -0.39 is 5.92 Å². The summed E-state index contributed by atoms with van der Waals surface area (Å²) in [6, 6.07) is 0. The molecule has 0 aromatic rings. The summed E-state index contributed by atoms with van der Waals surface area (Å²) in [6.07, 6.45) is 3.66. The Labute approximate surface area is 79.2 Å². The molecular weight excluding hydrogens is 261 g/mol. The number of rotatable bonds is 4. The molecule has 1 aliphatic carbocycles. The fourth-order valence-electron chi connectivity index (χ4n) is 1.07. The SMILES string of the molecule is CCCCCC1=C(I)C1(F)F. The Morgan fingerprint density at radius 1 is 1.36 bits per heavy atom. The summed E-state index contributed by atoms with van der Waals surface area (Å²) < 4.78 is 25.4. The van der Waals surface area contributed by atoms with Crippen LogP contribution in [0.1, 0.15) is 32.6 Å². The van der Waals surface area contributed by atoms with Crippen molar-refractivity contribution in [2.24, 2.45) is 0 Å². The van der Waals surface area contributed by atoms with Gasteiger partial charge < -0.3 is 0 Å². The van der Waals surface area contributed by atoms with E-state index in [1.54, 1.807) is 22.6 Å². The second-order valence-electron chi connectivity index (χ2n) is 2.82. The molecule has 0 fully saturated rings. The zero-order chi connectivity index (χ0) is 8.48. The zero-order valence-corrected chi connectivity index (χ0v) is 8.62. The molecular formula is C8H11F2I. The summed E-state index contributed by atoms with van der Waals surface area (Å²) >= 11 is 1.74. The van der Waals surface area contributed by atoms with Gasteiger partial charge in [0.1, 0.15) is 0 Å². The fourth-order valence-corrected chi connectivity index (χ4v) is 1.87. The van der Waals surface area contributed by atoms with E-state index in [1.807, 2.05) is 0 Å². The highest BCUT2D eigenvalue weighted by Crippen LogP contribution is 2.55. The number of hydrogen-bond donors (Lipinski definition) is 0.